The number of amides is 1. The fourth-order valence-corrected chi connectivity index (χ4v) is 3.92. The number of rotatable bonds is 2. The van der Waals surface area contributed by atoms with Crippen LogP contribution in [-0.2, 0) is 0 Å². The van der Waals surface area contributed by atoms with E-state index in [1.807, 2.05) is 36.4 Å². The van der Waals surface area contributed by atoms with Crippen LogP contribution in [0.5, 0.6) is 0 Å². The molecule has 0 fully saturated rings. The van der Waals surface area contributed by atoms with Crippen molar-refractivity contribution in [3.63, 3.8) is 0 Å². The highest BCUT2D eigenvalue weighted by Gasteiger charge is 2.19. The molecule has 0 saturated heterocycles. The molecule has 1 aromatic carbocycles. The third-order valence-corrected chi connectivity index (χ3v) is 4.76. The zero-order valence-corrected chi connectivity index (χ0v) is 9.95. The molecule has 1 amide bonds. The summed E-state index contributed by atoms with van der Waals surface area (Å²) in [5.41, 5.74) is 6.94. The van der Waals surface area contributed by atoms with E-state index in [9.17, 15) is 4.79 Å². The van der Waals surface area contributed by atoms with Crippen LogP contribution in [0.25, 0.3) is 10.9 Å². The Labute approximate surface area is 101 Å². The molecule has 86 valence electrons. The molecule has 4 heteroatoms. The van der Waals surface area contributed by atoms with Gasteiger partial charge in [0, 0.05) is 15.8 Å². The highest BCUT2D eigenvalue weighted by atomic mass is 32.2. The number of aromatic amines is 1. The maximum atomic E-state index is 11.5. The highest BCUT2D eigenvalue weighted by molar-refractivity contribution is 8.22. The van der Waals surface area contributed by atoms with Gasteiger partial charge >= 0.3 is 0 Å². The van der Waals surface area contributed by atoms with Gasteiger partial charge in [-0.1, -0.05) is 30.4 Å². The van der Waals surface area contributed by atoms with E-state index >= 15 is 0 Å². The molecule has 2 heterocycles. The Morgan fingerprint density at radius 2 is 1.88 bits per heavy atom. The second-order valence-corrected chi connectivity index (χ2v) is 5.71. The number of primary amides is 1. The van der Waals surface area contributed by atoms with E-state index in [0.29, 0.717) is 5.69 Å². The molecule has 0 saturated carbocycles. The van der Waals surface area contributed by atoms with Crippen LogP contribution in [0.3, 0.4) is 0 Å². The molecule has 3 nitrogen and oxygen atoms in total. The van der Waals surface area contributed by atoms with Crippen molar-refractivity contribution in [1.82, 2.24) is 4.98 Å². The van der Waals surface area contributed by atoms with Gasteiger partial charge in [-0.05, 0) is 16.9 Å². The molecule has 0 unspecified atom stereocenters. The first-order valence-electron chi connectivity index (χ1n) is 5.31. The molecule has 0 radical (unpaired) electrons. The average molecular weight is 244 g/mol. The van der Waals surface area contributed by atoms with Crippen molar-refractivity contribution >= 4 is 27.7 Å². The predicted octanol–water partition coefficient (Wildman–Crippen LogP) is 2.67. The average Bonchev–Trinajstić information content (AvgIpc) is 2.94. The van der Waals surface area contributed by atoms with Gasteiger partial charge in [0.2, 0.25) is 0 Å². The molecular weight excluding hydrogens is 232 g/mol. The Hall–Kier alpha value is -1.94. The van der Waals surface area contributed by atoms with Gasteiger partial charge in [0.1, 0.15) is 5.69 Å². The Morgan fingerprint density at radius 1 is 1.18 bits per heavy atom. The number of carbonyl (C=O) groups is 1. The smallest absolute Gasteiger partial charge is 0.266 e. The Kier molecular flexibility index (Phi) is 2.30. The van der Waals surface area contributed by atoms with Gasteiger partial charge in [0.25, 0.3) is 5.91 Å². The SMILES string of the molecule is NC(=O)c1[nH]c2ccccc2c1[SH]1C=CC=C1. The lowest BCUT2D eigenvalue weighted by atomic mass is 10.2. The second-order valence-electron chi connectivity index (χ2n) is 3.85. The number of benzene rings is 1. The topological polar surface area (TPSA) is 58.9 Å². The number of nitrogens with one attached hydrogen (secondary N) is 1. The first-order valence-corrected chi connectivity index (χ1v) is 6.79. The monoisotopic (exact) mass is 244 g/mol. The Balaban J connectivity index is 2.31. The fraction of sp³-hybridized carbons (Fsp3) is 0. The lowest BCUT2D eigenvalue weighted by molar-refractivity contribution is 0.0993. The molecule has 1 aliphatic heterocycles. The summed E-state index contributed by atoms with van der Waals surface area (Å²) in [7, 11) is -0.549. The van der Waals surface area contributed by atoms with Gasteiger partial charge in [0.15, 0.2) is 0 Å². The predicted molar refractivity (Wildman–Crippen MR) is 72.3 cm³/mol. The lowest BCUT2D eigenvalue weighted by Gasteiger charge is -2.10. The molecule has 3 rings (SSSR count). The normalized spacial score (nSPS) is 15.9. The summed E-state index contributed by atoms with van der Waals surface area (Å²) in [6, 6.07) is 7.91. The van der Waals surface area contributed by atoms with Crippen molar-refractivity contribution in [2.24, 2.45) is 5.73 Å². The van der Waals surface area contributed by atoms with E-state index < -0.39 is 16.8 Å². The van der Waals surface area contributed by atoms with Crippen molar-refractivity contribution in [1.29, 1.82) is 0 Å². The molecule has 17 heavy (non-hydrogen) atoms. The second kappa shape index (κ2) is 3.82. The third-order valence-electron chi connectivity index (χ3n) is 2.79. The van der Waals surface area contributed by atoms with Crippen molar-refractivity contribution in [3.8, 4) is 0 Å². The Bertz CT molecular complexity index is 642. The van der Waals surface area contributed by atoms with E-state index in [-0.39, 0.29) is 0 Å². The number of para-hydroxylation sites is 1. The van der Waals surface area contributed by atoms with Crippen LogP contribution >= 0.6 is 10.9 Å². The number of thiol groups is 1. The van der Waals surface area contributed by atoms with Crippen LogP contribution in [0.2, 0.25) is 0 Å². The van der Waals surface area contributed by atoms with E-state index in [1.54, 1.807) is 0 Å². The molecule has 3 N–H and O–H groups in total. The van der Waals surface area contributed by atoms with Crippen molar-refractivity contribution in [3.05, 3.63) is 52.9 Å². The van der Waals surface area contributed by atoms with E-state index in [1.165, 1.54) is 0 Å². The molecule has 0 spiro atoms. The van der Waals surface area contributed by atoms with E-state index in [4.69, 9.17) is 5.73 Å². The third kappa shape index (κ3) is 1.57. The molecule has 0 atom stereocenters. The number of hydrogen-bond donors (Lipinski definition) is 3. The Morgan fingerprint density at radius 3 is 2.59 bits per heavy atom. The fourth-order valence-electron chi connectivity index (χ4n) is 2.06. The summed E-state index contributed by atoms with van der Waals surface area (Å²) in [5, 5.41) is 5.33. The van der Waals surface area contributed by atoms with Gasteiger partial charge in [-0.2, -0.15) is 10.9 Å². The number of carbonyl (C=O) groups excluding carboxylic acids is 1. The number of H-pyrrole nitrogens is 1. The van der Waals surface area contributed by atoms with Gasteiger partial charge in [-0.3, -0.25) is 4.79 Å². The zero-order chi connectivity index (χ0) is 11.8. The molecule has 2 aromatic rings. The number of fused-ring (bicyclic) bond motifs is 1. The van der Waals surface area contributed by atoms with Gasteiger partial charge in [-0.25, -0.2) is 0 Å². The van der Waals surface area contributed by atoms with Gasteiger partial charge in [-0.15, -0.1) is 0 Å². The lowest BCUT2D eigenvalue weighted by Crippen LogP contribution is -2.12. The van der Waals surface area contributed by atoms with Crippen LogP contribution in [0, 0.1) is 0 Å². The minimum Gasteiger partial charge on any atom is -0.364 e. The van der Waals surface area contributed by atoms with E-state index in [0.717, 1.165) is 15.8 Å². The minimum absolute atomic E-state index is 0.396. The van der Waals surface area contributed by atoms with Gasteiger partial charge in [0.05, 0.1) is 0 Å². The van der Waals surface area contributed by atoms with Crippen LogP contribution < -0.4 is 5.73 Å². The highest BCUT2D eigenvalue weighted by Crippen LogP contribution is 2.47. The van der Waals surface area contributed by atoms with E-state index in [2.05, 4.69) is 15.8 Å². The van der Waals surface area contributed by atoms with Crippen molar-refractivity contribution in [2.45, 2.75) is 4.90 Å². The summed E-state index contributed by atoms with van der Waals surface area (Å²) in [6.45, 7) is 0. The largest absolute Gasteiger partial charge is 0.364 e. The number of aromatic nitrogens is 1. The maximum absolute atomic E-state index is 11.5. The summed E-state index contributed by atoms with van der Waals surface area (Å²) >= 11 is 0. The molecular formula is C13H12N2OS. The van der Waals surface area contributed by atoms with Crippen molar-refractivity contribution < 1.29 is 4.79 Å². The quantitative estimate of drug-likeness (QED) is 0.699. The first-order chi connectivity index (χ1) is 8.27. The number of hydrogen-bond acceptors (Lipinski definition) is 1. The van der Waals surface area contributed by atoms with Crippen LogP contribution in [0.1, 0.15) is 10.5 Å². The molecule has 1 aromatic heterocycles. The maximum Gasteiger partial charge on any atom is 0.266 e. The molecule has 0 aliphatic carbocycles. The molecule has 1 aliphatic rings. The summed E-state index contributed by atoms with van der Waals surface area (Å²) < 4.78 is 0. The van der Waals surface area contributed by atoms with Crippen LogP contribution in [0.15, 0.2) is 52.1 Å². The standard InChI is InChI=1S/C13H12N2OS/c14-13(16)11-12(17-7-3-4-8-17)9-5-1-2-6-10(9)15-11/h1-8,15,17H,(H2,14,16). The summed E-state index contributed by atoms with van der Waals surface area (Å²) in [4.78, 5) is 15.7. The minimum atomic E-state index is -0.549. The number of nitrogens with two attached hydrogens (primary N) is 1. The van der Waals surface area contributed by atoms with Gasteiger partial charge < -0.3 is 10.7 Å². The van der Waals surface area contributed by atoms with Crippen LogP contribution in [0.4, 0.5) is 0 Å². The number of allylic oxidation sites excluding steroid dienone is 2. The molecule has 0 bridgehead atoms. The summed E-state index contributed by atoms with van der Waals surface area (Å²) in [5.74, 6) is -0.396. The van der Waals surface area contributed by atoms with Crippen LogP contribution in [-0.4, -0.2) is 10.9 Å². The van der Waals surface area contributed by atoms with Crippen molar-refractivity contribution in [2.75, 3.05) is 0 Å². The summed E-state index contributed by atoms with van der Waals surface area (Å²) in [6.07, 6.45) is 4.02. The first kappa shape index (κ1) is 10.2. The zero-order valence-electron chi connectivity index (χ0n) is 9.05.